The van der Waals surface area contributed by atoms with Crippen molar-refractivity contribution in [2.75, 3.05) is 26.3 Å². The fourth-order valence-electron chi connectivity index (χ4n) is 2.91. The second-order valence-corrected chi connectivity index (χ2v) is 8.13. The van der Waals surface area contributed by atoms with Gasteiger partial charge in [0.15, 0.2) is 0 Å². The van der Waals surface area contributed by atoms with Gasteiger partial charge in [0.05, 0.1) is 31.1 Å². The normalized spacial score (nSPS) is 21.3. The van der Waals surface area contributed by atoms with Gasteiger partial charge >= 0.3 is 6.18 Å². The quantitative estimate of drug-likeness (QED) is 0.837. The third-order valence-corrected chi connectivity index (χ3v) is 6.37. The Morgan fingerprint density at radius 2 is 1.88 bits per heavy atom. The van der Waals surface area contributed by atoms with Crippen molar-refractivity contribution in [3.63, 3.8) is 0 Å². The van der Waals surface area contributed by atoms with E-state index in [0.29, 0.717) is 45.2 Å². The molecule has 7 nitrogen and oxygen atoms in total. The maximum atomic E-state index is 12.7. The summed E-state index contributed by atoms with van der Waals surface area (Å²) in [6.07, 6.45) is -2.69. The molecule has 0 amide bonds. The standard InChI is InChI=1S/C14H19F3N4O3S/c1-9-12(6-18-13(19-9)14(15,16)17)25(22,23)21-4-2-10(3-5-21)20-11-7-24-8-11/h6,10-11,20H,2-5,7-8H2,1H3. The summed E-state index contributed by atoms with van der Waals surface area (Å²) < 4.78 is 69.6. The van der Waals surface area contributed by atoms with Crippen LogP contribution in [0.5, 0.6) is 0 Å². The molecule has 2 saturated heterocycles. The number of nitrogens with one attached hydrogen (secondary N) is 1. The van der Waals surface area contributed by atoms with Gasteiger partial charge in [-0.15, -0.1) is 0 Å². The van der Waals surface area contributed by atoms with E-state index in [2.05, 4.69) is 15.3 Å². The van der Waals surface area contributed by atoms with E-state index in [1.54, 1.807) is 0 Å². The molecule has 0 spiro atoms. The van der Waals surface area contributed by atoms with E-state index in [1.807, 2.05) is 0 Å². The molecule has 1 aromatic heterocycles. The lowest BCUT2D eigenvalue weighted by Gasteiger charge is -2.36. The number of sulfonamides is 1. The summed E-state index contributed by atoms with van der Waals surface area (Å²) in [5, 5.41) is 3.41. The topological polar surface area (TPSA) is 84.4 Å². The molecule has 2 aliphatic rings. The van der Waals surface area contributed by atoms with Gasteiger partial charge in [0.2, 0.25) is 15.8 Å². The zero-order valence-electron chi connectivity index (χ0n) is 13.6. The van der Waals surface area contributed by atoms with Crippen LogP contribution in [-0.2, 0) is 20.9 Å². The third-order valence-electron chi connectivity index (χ3n) is 4.37. The lowest BCUT2D eigenvalue weighted by Crippen LogP contribution is -2.53. The van der Waals surface area contributed by atoms with Gasteiger partial charge in [0.25, 0.3) is 0 Å². The van der Waals surface area contributed by atoms with Crippen molar-refractivity contribution in [2.24, 2.45) is 0 Å². The first-order valence-electron chi connectivity index (χ1n) is 7.92. The van der Waals surface area contributed by atoms with E-state index >= 15 is 0 Å². The van der Waals surface area contributed by atoms with Crippen molar-refractivity contribution >= 4 is 10.0 Å². The van der Waals surface area contributed by atoms with Crippen LogP contribution in [0, 0.1) is 6.92 Å². The van der Waals surface area contributed by atoms with Crippen molar-refractivity contribution in [1.29, 1.82) is 0 Å². The molecule has 140 valence electrons. The van der Waals surface area contributed by atoms with Crippen LogP contribution in [0.25, 0.3) is 0 Å². The van der Waals surface area contributed by atoms with Crippen molar-refractivity contribution in [1.82, 2.24) is 19.6 Å². The summed E-state index contributed by atoms with van der Waals surface area (Å²) in [6, 6.07) is 0.531. The maximum absolute atomic E-state index is 12.7. The molecule has 0 radical (unpaired) electrons. The Hall–Kier alpha value is -1.30. The fourth-order valence-corrected chi connectivity index (χ4v) is 4.49. The highest BCUT2D eigenvalue weighted by molar-refractivity contribution is 7.89. The molecule has 0 saturated carbocycles. The van der Waals surface area contributed by atoms with Crippen molar-refractivity contribution in [3.8, 4) is 0 Å². The van der Waals surface area contributed by atoms with E-state index < -0.39 is 22.0 Å². The number of nitrogens with zero attached hydrogens (tertiary/aromatic N) is 3. The van der Waals surface area contributed by atoms with Gasteiger partial charge in [-0.2, -0.15) is 17.5 Å². The highest BCUT2D eigenvalue weighted by atomic mass is 32.2. The number of rotatable bonds is 4. The number of hydrogen-bond acceptors (Lipinski definition) is 6. The predicted molar refractivity (Wildman–Crippen MR) is 81.3 cm³/mol. The van der Waals surface area contributed by atoms with Gasteiger partial charge < -0.3 is 10.1 Å². The van der Waals surface area contributed by atoms with E-state index in [-0.39, 0.29) is 16.6 Å². The third kappa shape index (κ3) is 3.94. The molecule has 0 unspecified atom stereocenters. The van der Waals surface area contributed by atoms with Crippen LogP contribution < -0.4 is 5.32 Å². The molecule has 25 heavy (non-hydrogen) atoms. The molecule has 2 fully saturated rings. The van der Waals surface area contributed by atoms with Crippen LogP contribution in [0.4, 0.5) is 13.2 Å². The van der Waals surface area contributed by atoms with E-state index in [1.165, 1.54) is 11.2 Å². The Balaban J connectivity index is 1.69. The van der Waals surface area contributed by atoms with E-state index in [4.69, 9.17) is 4.74 Å². The molecule has 0 atom stereocenters. The van der Waals surface area contributed by atoms with Crippen LogP contribution in [-0.4, -0.2) is 61.1 Å². The smallest absolute Gasteiger partial charge is 0.378 e. The molecule has 3 heterocycles. The number of hydrogen-bond donors (Lipinski definition) is 1. The molecule has 2 aliphatic heterocycles. The lowest BCUT2D eigenvalue weighted by molar-refractivity contribution is -0.145. The van der Waals surface area contributed by atoms with Crippen LogP contribution >= 0.6 is 0 Å². The summed E-state index contributed by atoms with van der Waals surface area (Å²) >= 11 is 0. The maximum Gasteiger partial charge on any atom is 0.451 e. The van der Waals surface area contributed by atoms with Gasteiger partial charge in [0, 0.05) is 19.1 Å². The van der Waals surface area contributed by atoms with Gasteiger partial charge in [-0.25, -0.2) is 18.4 Å². The Morgan fingerprint density at radius 3 is 2.36 bits per heavy atom. The Bertz CT molecular complexity index is 729. The number of ether oxygens (including phenoxy) is 1. The molecule has 0 aliphatic carbocycles. The second-order valence-electron chi connectivity index (χ2n) is 6.22. The fraction of sp³-hybridized carbons (Fsp3) is 0.714. The predicted octanol–water partition coefficient (Wildman–Crippen LogP) is 0.945. The van der Waals surface area contributed by atoms with Gasteiger partial charge in [-0.3, -0.25) is 0 Å². The Morgan fingerprint density at radius 1 is 1.24 bits per heavy atom. The second kappa shape index (κ2) is 6.78. The zero-order chi connectivity index (χ0) is 18.2. The summed E-state index contributed by atoms with van der Waals surface area (Å²) in [7, 11) is -3.91. The highest BCUT2D eigenvalue weighted by Gasteiger charge is 2.37. The average molecular weight is 380 g/mol. The van der Waals surface area contributed by atoms with Crippen molar-refractivity contribution in [2.45, 2.75) is 42.9 Å². The van der Waals surface area contributed by atoms with Gasteiger partial charge in [-0.1, -0.05) is 0 Å². The van der Waals surface area contributed by atoms with Gasteiger partial charge in [-0.05, 0) is 19.8 Å². The molecule has 0 aromatic carbocycles. The number of piperidine rings is 1. The minimum Gasteiger partial charge on any atom is -0.378 e. The first kappa shape index (κ1) is 18.5. The Labute approximate surface area is 143 Å². The SMILES string of the molecule is Cc1nc(C(F)(F)F)ncc1S(=O)(=O)N1CCC(NC2COC2)CC1. The van der Waals surface area contributed by atoms with Crippen LogP contribution in [0.3, 0.4) is 0 Å². The number of aryl methyl sites for hydroxylation is 1. The minimum absolute atomic E-state index is 0.200. The summed E-state index contributed by atoms with van der Waals surface area (Å²) in [5.41, 5.74) is -0.200. The highest BCUT2D eigenvalue weighted by Crippen LogP contribution is 2.28. The molecular formula is C14H19F3N4O3S. The minimum atomic E-state index is -4.71. The molecule has 11 heteroatoms. The largest absolute Gasteiger partial charge is 0.451 e. The van der Waals surface area contributed by atoms with Crippen LogP contribution in [0.2, 0.25) is 0 Å². The monoisotopic (exact) mass is 380 g/mol. The molecule has 1 N–H and O–H groups in total. The average Bonchev–Trinajstić information content (AvgIpc) is 2.50. The molecular weight excluding hydrogens is 361 g/mol. The molecule has 0 bridgehead atoms. The Kier molecular flexibility index (Phi) is 5.02. The molecule has 1 aromatic rings. The number of alkyl halides is 3. The molecule has 3 rings (SSSR count). The summed E-state index contributed by atoms with van der Waals surface area (Å²) in [6.45, 7) is 3.18. The lowest BCUT2D eigenvalue weighted by atomic mass is 10.1. The zero-order valence-corrected chi connectivity index (χ0v) is 14.4. The first-order chi connectivity index (χ1) is 11.7. The van der Waals surface area contributed by atoms with E-state index in [9.17, 15) is 21.6 Å². The van der Waals surface area contributed by atoms with E-state index in [0.717, 1.165) is 6.20 Å². The van der Waals surface area contributed by atoms with Gasteiger partial charge in [0.1, 0.15) is 4.90 Å². The summed E-state index contributed by atoms with van der Waals surface area (Å²) in [5.74, 6) is -1.34. The van der Waals surface area contributed by atoms with Crippen molar-refractivity contribution < 1.29 is 26.3 Å². The van der Waals surface area contributed by atoms with Crippen LogP contribution in [0.1, 0.15) is 24.4 Å². The first-order valence-corrected chi connectivity index (χ1v) is 9.36. The van der Waals surface area contributed by atoms with Crippen molar-refractivity contribution in [3.05, 3.63) is 17.7 Å². The number of halogens is 3. The van der Waals surface area contributed by atoms with Crippen LogP contribution in [0.15, 0.2) is 11.1 Å². The summed E-state index contributed by atoms with van der Waals surface area (Å²) in [4.78, 5) is 6.21. The number of aromatic nitrogens is 2.